The highest BCUT2D eigenvalue weighted by molar-refractivity contribution is 9.10. The summed E-state index contributed by atoms with van der Waals surface area (Å²) in [6.07, 6.45) is -0.154. The highest BCUT2D eigenvalue weighted by atomic mass is 79.9. The summed E-state index contributed by atoms with van der Waals surface area (Å²) in [5.41, 5.74) is 0.357. The van der Waals surface area contributed by atoms with Crippen LogP contribution < -0.4 is 0 Å². The zero-order chi connectivity index (χ0) is 14.7. The summed E-state index contributed by atoms with van der Waals surface area (Å²) in [6.45, 7) is 0. The molecular weight excluding hydrogens is 329 g/mol. The van der Waals surface area contributed by atoms with Crippen LogP contribution in [0.4, 0.5) is 10.1 Å². The van der Waals surface area contributed by atoms with Gasteiger partial charge in [-0.05, 0) is 18.2 Å². The van der Waals surface area contributed by atoms with E-state index in [9.17, 15) is 19.3 Å². The molecule has 0 atom stereocenters. The number of Topliss-reactive ketones (excluding diaryl/α,β-unsaturated/α-hetero) is 1. The fraction of sp³-hybridized carbons (Fsp3) is 0.0714. The zero-order valence-corrected chi connectivity index (χ0v) is 11.8. The first-order chi connectivity index (χ1) is 9.49. The summed E-state index contributed by atoms with van der Waals surface area (Å²) in [5, 5.41) is 10.9. The van der Waals surface area contributed by atoms with Crippen molar-refractivity contribution in [3.63, 3.8) is 0 Å². The molecule has 0 aliphatic heterocycles. The molecule has 2 aromatic rings. The van der Waals surface area contributed by atoms with Gasteiger partial charge >= 0.3 is 0 Å². The number of rotatable bonds is 4. The molecule has 0 radical (unpaired) electrons. The van der Waals surface area contributed by atoms with Gasteiger partial charge in [0.2, 0.25) is 0 Å². The molecule has 0 spiro atoms. The Balaban J connectivity index is 2.33. The van der Waals surface area contributed by atoms with Gasteiger partial charge in [-0.15, -0.1) is 0 Å². The molecule has 6 heteroatoms. The van der Waals surface area contributed by atoms with Gasteiger partial charge < -0.3 is 0 Å². The maximum absolute atomic E-state index is 13.2. The van der Waals surface area contributed by atoms with Crippen molar-refractivity contribution >= 4 is 27.4 Å². The van der Waals surface area contributed by atoms with Crippen LogP contribution in [0.5, 0.6) is 0 Å². The van der Waals surface area contributed by atoms with Gasteiger partial charge in [-0.25, -0.2) is 4.39 Å². The second-order valence-corrected chi connectivity index (χ2v) is 4.96. The molecule has 20 heavy (non-hydrogen) atoms. The molecule has 0 N–H and O–H groups in total. The Labute approximate surface area is 122 Å². The number of ketones is 1. The van der Waals surface area contributed by atoms with Crippen LogP contribution in [0.3, 0.4) is 0 Å². The third-order valence-corrected chi connectivity index (χ3v) is 3.46. The van der Waals surface area contributed by atoms with E-state index in [4.69, 9.17) is 0 Å². The molecule has 0 amide bonds. The van der Waals surface area contributed by atoms with Crippen LogP contribution in [0.2, 0.25) is 0 Å². The van der Waals surface area contributed by atoms with Crippen LogP contribution in [0.1, 0.15) is 15.9 Å². The Kier molecular flexibility index (Phi) is 4.24. The summed E-state index contributed by atoms with van der Waals surface area (Å²) >= 11 is 3.17. The van der Waals surface area contributed by atoms with Crippen molar-refractivity contribution in [2.45, 2.75) is 6.42 Å². The minimum Gasteiger partial charge on any atom is -0.294 e. The monoisotopic (exact) mass is 337 g/mol. The van der Waals surface area contributed by atoms with Gasteiger partial charge in [-0.2, -0.15) is 0 Å². The minimum atomic E-state index is -0.538. The Morgan fingerprint density at radius 2 is 1.95 bits per heavy atom. The van der Waals surface area contributed by atoms with Gasteiger partial charge in [0.25, 0.3) is 5.69 Å². The number of hydrogen-bond acceptors (Lipinski definition) is 3. The van der Waals surface area contributed by atoms with Crippen molar-refractivity contribution in [1.29, 1.82) is 0 Å². The molecular formula is C14H9BrFNO3. The third kappa shape index (κ3) is 3.08. The van der Waals surface area contributed by atoms with Gasteiger partial charge in [0, 0.05) is 28.1 Å². The summed E-state index contributed by atoms with van der Waals surface area (Å²) in [4.78, 5) is 22.5. The van der Waals surface area contributed by atoms with Crippen LogP contribution in [0.25, 0.3) is 0 Å². The Morgan fingerprint density at radius 1 is 1.25 bits per heavy atom. The molecule has 0 fully saturated rings. The van der Waals surface area contributed by atoms with Crippen LogP contribution in [-0.2, 0) is 6.42 Å². The first kappa shape index (κ1) is 14.3. The first-order valence-electron chi connectivity index (χ1n) is 5.69. The van der Waals surface area contributed by atoms with Crippen LogP contribution >= 0.6 is 15.9 Å². The predicted molar refractivity (Wildman–Crippen MR) is 75.2 cm³/mol. The lowest BCUT2D eigenvalue weighted by molar-refractivity contribution is -0.385. The van der Waals surface area contributed by atoms with E-state index in [1.807, 2.05) is 0 Å². The third-order valence-electron chi connectivity index (χ3n) is 2.77. The van der Waals surface area contributed by atoms with Crippen molar-refractivity contribution in [2.24, 2.45) is 0 Å². The lowest BCUT2D eigenvalue weighted by atomic mass is 10.0. The molecule has 102 valence electrons. The van der Waals surface area contributed by atoms with E-state index >= 15 is 0 Å². The van der Waals surface area contributed by atoms with Crippen molar-refractivity contribution in [3.8, 4) is 0 Å². The standard InChI is InChI=1S/C14H9BrFNO3/c15-12-6-5-10(16)8-11(12)14(18)7-9-3-1-2-4-13(9)17(19)20/h1-6,8H,7H2. The molecule has 0 saturated carbocycles. The largest absolute Gasteiger partial charge is 0.294 e. The quantitative estimate of drug-likeness (QED) is 0.482. The average molecular weight is 338 g/mol. The Morgan fingerprint density at radius 3 is 2.65 bits per heavy atom. The Bertz CT molecular complexity index is 688. The molecule has 2 rings (SSSR count). The van der Waals surface area contributed by atoms with E-state index in [2.05, 4.69) is 15.9 Å². The molecule has 0 heterocycles. The number of benzene rings is 2. The number of hydrogen-bond donors (Lipinski definition) is 0. The van der Waals surface area contributed by atoms with Crippen LogP contribution in [-0.4, -0.2) is 10.7 Å². The molecule has 0 aliphatic rings. The van der Waals surface area contributed by atoms with E-state index in [-0.39, 0.29) is 23.5 Å². The van der Waals surface area contributed by atoms with Crippen molar-refractivity contribution in [2.75, 3.05) is 0 Å². The highest BCUT2D eigenvalue weighted by Crippen LogP contribution is 2.23. The second kappa shape index (κ2) is 5.92. The molecule has 0 bridgehead atoms. The van der Waals surface area contributed by atoms with Gasteiger partial charge in [-0.3, -0.25) is 14.9 Å². The zero-order valence-electron chi connectivity index (χ0n) is 10.2. The molecule has 0 aliphatic carbocycles. The topological polar surface area (TPSA) is 60.2 Å². The van der Waals surface area contributed by atoms with E-state index in [0.29, 0.717) is 10.0 Å². The molecule has 0 unspecified atom stereocenters. The number of nitro benzene ring substituents is 1. The lowest BCUT2D eigenvalue weighted by Crippen LogP contribution is -2.07. The van der Waals surface area contributed by atoms with Crippen LogP contribution in [0.15, 0.2) is 46.9 Å². The second-order valence-electron chi connectivity index (χ2n) is 4.11. The maximum atomic E-state index is 13.2. The number of carbonyl (C=O) groups is 1. The van der Waals surface area contributed by atoms with Gasteiger partial charge in [0.05, 0.1) is 4.92 Å². The van der Waals surface area contributed by atoms with E-state index in [1.165, 1.54) is 30.3 Å². The highest BCUT2D eigenvalue weighted by Gasteiger charge is 2.18. The van der Waals surface area contributed by atoms with Crippen molar-refractivity contribution in [3.05, 3.63) is 74.0 Å². The van der Waals surface area contributed by atoms with Crippen LogP contribution in [0, 0.1) is 15.9 Å². The number of para-hydroxylation sites is 1. The first-order valence-corrected chi connectivity index (χ1v) is 6.49. The Hall–Kier alpha value is -2.08. The summed E-state index contributed by atoms with van der Waals surface area (Å²) in [6, 6.07) is 9.78. The number of nitro groups is 1. The van der Waals surface area contributed by atoms with E-state index < -0.39 is 10.7 Å². The summed E-state index contributed by atoms with van der Waals surface area (Å²) in [7, 11) is 0. The summed E-state index contributed by atoms with van der Waals surface area (Å²) in [5.74, 6) is -0.912. The lowest BCUT2D eigenvalue weighted by Gasteiger charge is -2.05. The average Bonchev–Trinajstić information content (AvgIpc) is 2.41. The van der Waals surface area contributed by atoms with E-state index in [1.54, 1.807) is 6.07 Å². The number of halogens is 2. The fourth-order valence-corrected chi connectivity index (χ4v) is 2.29. The van der Waals surface area contributed by atoms with Crippen molar-refractivity contribution < 1.29 is 14.1 Å². The number of carbonyl (C=O) groups excluding carboxylic acids is 1. The molecule has 2 aromatic carbocycles. The molecule has 0 saturated heterocycles. The molecule has 0 aromatic heterocycles. The van der Waals surface area contributed by atoms with E-state index in [0.717, 1.165) is 6.07 Å². The normalized spacial score (nSPS) is 10.3. The molecule has 4 nitrogen and oxygen atoms in total. The van der Waals surface area contributed by atoms with Gasteiger partial charge in [-0.1, -0.05) is 34.1 Å². The van der Waals surface area contributed by atoms with Gasteiger partial charge in [0.1, 0.15) is 5.82 Å². The SMILES string of the molecule is O=C(Cc1ccccc1[N+](=O)[O-])c1cc(F)ccc1Br. The minimum absolute atomic E-state index is 0.117. The number of nitrogens with zero attached hydrogens (tertiary/aromatic N) is 1. The maximum Gasteiger partial charge on any atom is 0.273 e. The smallest absolute Gasteiger partial charge is 0.273 e. The predicted octanol–water partition coefficient (Wildman–Crippen LogP) is 3.92. The van der Waals surface area contributed by atoms with Gasteiger partial charge in [0.15, 0.2) is 5.78 Å². The fourth-order valence-electron chi connectivity index (χ4n) is 1.82. The summed E-state index contributed by atoms with van der Waals surface area (Å²) < 4.78 is 13.6. The van der Waals surface area contributed by atoms with Crippen molar-refractivity contribution in [1.82, 2.24) is 0 Å².